The van der Waals surface area contributed by atoms with Crippen molar-refractivity contribution in [2.75, 3.05) is 0 Å². The van der Waals surface area contributed by atoms with Gasteiger partial charge in [-0.3, -0.25) is 0 Å². The monoisotopic (exact) mass is 216 g/mol. The smallest absolute Gasteiger partial charge is 0.124 e. The Morgan fingerprint density at radius 2 is 1.75 bits per heavy atom. The molecule has 2 rings (SSSR count). The highest BCUT2D eigenvalue weighted by molar-refractivity contribution is 5.57. The molecule has 1 heteroatoms. The van der Waals surface area contributed by atoms with E-state index < -0.39 is 0 Å². The zero-order valence-corrected chi connectivity index (χ0v) is 10.6. The minimum absolute atomic E-state index is 0.234. The van der Waals surface area contributed by atoms with Gasteiger partial charge in [-0.1, -0.05) is 45.9 Å². The van der Waals surface area contributed by atoms with Gasteiger partial charge < -0.3 is 4.79 Å². The first-order valence-corrected chi connectivity index (χ1v) is 5.94. The summed E-state index contributed by atoms with van der Waals surface area (Å²) in [5.41, 5.74) is 4.51. The van der Waals surface area contributed by atoms with E-state index >= 15 is 0 Å². The fourth-order valence-corrected chi connectivity index (χ4v) is 3.26. The average molecular weight is 216 g/mol. The number of fused-ring (bicyclic) bond motifs is 1. The standard InChI is InChI=1S/C15H20O/c1-14(2)10-15(3,4)13-9-11(7-8-16)5-6-12(13)14/h5-6,8-9H,7,10H2,1-4H3. The van der Waals surface area contributed by atoms with Crippen molar-refractivity contribution in [2.45, 2.75) is 51.4 Å². The summed E-state index contributed by atoms with van der Waals surface area (Å²) < 4.78 is 0. The van der Waals surface area contributed by atoms with E-state index in [2.05, 4.69) is 45.9 Å². The fourth-order valence-electron chi connectivity index (χ4n) is 3.26. The van der Waals surface area contributed by atoms with E-state index in [0.29, 0.717) is 6.42 Å². The van der Waals surface area contributed by atoms with Gasteiger partial charge in [-0.05, 0) is 33.9 Å². The molecule has 0 spiro atoms. The van der Waals surface area contributed by atoms with Crippen LogP contribution in [0.4, 0.5) is 0 Å². The van der Waals surface area contributed by atoms with Gasteiger partial charge in [0.2, 0.25) is 0 Å². The molecule has 0 heterocycles. The SMILES string of the molecule is CC1(C)CC(C)(C)c2cc(CC=O)ccc21. The summed E-state index contributed by atoms with van der Waals surface area (Å²) in [6.07, 6.45) is 2.69. The van der Waals surface area contributed by atoms with E-state index in [9.17, 15) is 4.79 Å². The van der Waals surface area contributed by atoms with Gasteiger partial charge >= 0.3 is 0 Å². The molecule has 1 aromatic carbocycles. The van der Waals surface area contributed by atoms with E-state index in [1.165, 1.54) is 17.5 Å². The molecule has 1 aliphatic carbocycles. The van der Waals surface area contributed by atoms with Crippen LogP contribution in [0.3, 0.4) is 0 Å². The molecule has 0 atom stereocenters. The molecular formula is C15H20O. The van der Waals surface area contributed by atoms with Crippen molar-refractivity contribution in [3.8, 4) is 0 Å². The van der Waals surface area contributed by atoms with Crippen LogP contribution in [-0.2, 0) is 22.0 Å². The largest absolute Gasteiger partial charge is 0.303 e. The van der Waals surface area contributed by atoms with Crippen molar-refractivity contribution in [3.05, 3.63) is 34.9 Å². The molecule has 16 heavy (non-hydrogen) atoms. The van der Waals surface area contributed by atoms with Crippen LogP contribution in [0.1, 0.15) is 50.8 Å². The minimum Gasteiger partial charge on any atom is -0.303 e. The van der Waals surface area contributed by atoms with E-state index in [1.807, 2.05) is 0 Å². The quantitative estimate of drug-likeness (QED) is 0.693. The minimum atomic E-state index is 0.234. The Hall–Kier alpha value is -1.11. The molecule has 0 N–H and O–H groups in total. The third-order valence-electron chi connectivity index (χ3n) is 3.75. The van der Waals surface area contributed by atoms with Crippen molar-refractivity contribution in [3.63, 3.8) is 0 Å². The number of benzene rings is 1. The molecule has 1 aliphatic rings. The predicted molar refractivity (Wildman–Crippen MR) is 66.9 cm³/mol. The summed E-state index contributed by atoms with van der Waals surface area (Å²) in [6, 6.07) is 6.53. The van der Waals surface area contributed by atoms with Crippen molar-refractivity contribution < 1.29 is 4.79 Å². The topological polar surface area (TPSA) is 17.1 Å². The Balaban J connectivity index is 2.54. The molecule has 0 unspecified atom stereocenters. The number of carbonyl (C=O) groups excluding carboxylic acids is 1. The van der Waals surface area contributed by atoms with Crippen molar-refractivity contribution in [1.29, 1.82) is 0 Å². The Kier molecular flexibility index (Phi) is 2.45. The van der Waals surface area contributed by atoms with Crippen LogP contribution in [0.15, 0.2) is 18.2 Å². The highest BCUT2D eigenvalue weighted by atomic mass is 16.1. The molecule has 0 bridgehead atoms. The van der Waals surface area contributed by atoms with Crippen LogP contribution >= 0.6 is 0 Å². The normalized spacial score (nSPS) is 20.5. The molecule has 86 valence electrons. The Morgan fingerprint density at radius 3 is 2.38 bits per heavy atom. The summed E-state index contributed by atoms with van der Waals surface area (Å²) in [5.74, 6) is 0. The third kappa shape index (κ3) is 1.68. The summed E-state index contributed by atoms with van der Waals surface area (Å²) in [4.78, 5) is 10.6. The van der Waals surface area contributed by atoms with Crippen molar-refractivity contribution >= 4 is 6.29 Å². The Labute approximate surface area is 97.9 Å². The molecule has 0 aliphatic heterocycles. The molecular weight excluding hydrogens is 196 g/mol. The van der Waals surface area contributed by atoms with Crippen LogP contribution < -0.4 is 0 Å². The molecule has 0 aromatic heterocycles. The average Bonchev–Trinajstić information content (AvgIpc) is 2.33. The fraction of sp³-hybridized carbons (Fsp3) is 0.533. The van der Waals surface area contributed by atoms with Crippen molar-refractivity contribution in [2.24, 2.45) is 0 Å². The van der Waals surface area contributed by atoms with E-state index in [4.69, 9.17) is 0 Å². The van der Waals surface area contributed by atoms with E-state index in [0.717, 1.165) is 11.8 Å². The summed E-state index contributed by atoms with van der Waals surface area (Å²) >= 11 is 0. The second kappa shape index (κ2) is 3.44. The van der Waals surface area contributed by atoms with Crippen LogP contribution in [0.5, 0.6) is 0 Å². The Morgan fingerprint density at radius 1 is 1.12 bits per heavy atom. The number of hydrogen-bond acceptors (Lipinski definition) is 1. The van der Waals surface area contributed by atoms with Crippen LogP contribution in [0, 0.1) is 0 Å². The zero-order chi connectivity index (χ0) is 12.0. The summed E-state index contributed by atoms with van der Waals surface area (Å²) in [7, 11) is 0. The maximum Gasteiger partial charge on any atom is 0.124 e. The lowest BCUT2D eigenvalue weighted by Gasteiger charge is -2.22. The van der Waals surface area contributed by atoms with Gasteiger partial charge in [0.15, 0.2) is 0 Å². The predicted octanol–water partition coefficient (Wildman–Crippen LogP) is 3.39. The number of carbonyl (C=O) groups is 1. The molecule has 0 amide bonds. The molecule has 1 aromatic rings. The second-order valence-corrected chi connectivity index (χ2v) is 6.20. The van der Waals surface area contributed by atoms with E-state index in [1.54, 1.807) is 0 Å². The number of hydrogen-bond donors (Lipinski definition) is 0. The van der Waals surface area contributed by atoms with E-state index in [-0.39, 0.29) is 10.8 Å². The lowest BCUT2D eigenvalue weighted by atomic mass is 9.82. The first-order chi connectivity index (χ1) is 7.37. The van der Waals surface area contributed by atoms with Gasteiger partial charge in [0.25, 0.3) is 0 Å². The molecule has 1 nitrogen and oxygen atoms in total. The zero-order valence-electron chi connectivity index (χ0n) is 10.6. The van der Waals surface area contributed by atoms with Crippen LogP contribution in [-0.4, -0.2) is 6.29 Å². The molecule has 0 saturated heterocycles. The van der Waals surface area contributed by atoms with Gasteiger partial charge in [0.05, 0.1) is 0 Å². The molecule has 0 fully saturated rings. The maximum absolute atomic E-state index is 10.6. The maximum atomic E-state index is 10.6. The highest BCUT2D eigenvalue weighted by Gasteiger charge is 2.41. The third-order valence-corrected chi connectivity index (χ3v) is 3.75. The highest BCUT2D eigenvalue weighted by Crippen LogP contribution is 2.49. The number of rotatable bonds is 2. The summed E-state index contributed by atoms with van der Waals surface area (Å²) in [5, 5.41) is 0. The lowest BCUT2D eigenvalue weighted by molar-refractivity contribution is -0.107. The first kappa shape index (κ1) is 11.4. The molecule has 0 radical (unpaired) electrons. The Bertz CT molecular complexity index is 427. The van der Waals surface area contributed by atoms with Gasteiger partial charge in [-0.25, -0.2) is 0 Å². The van der Waals surface area contributed by atoms with Gasteiger partial charge in [-0.15, -0.1) is 0 Å². The first-order valence-electron chi connectivity index (χ1n) is 5.94. The van der Waals surface area contributed by atoms with Gasteiger partial charge in [0, 0.05) is 6.42 Å². The van der Waals surface area contributed by atoms with Gasteiger partial charge in [-0.2, -0.15) is 0 Å². The molecule has 0 saturated carbocycles. The second-order valence-electron chi connectivity index (χ2n) is 6.20. The number of aldehydes is 1. The van der Waals surface area contributed by atoms with Crippen LogP contribution in [0.2, 0.25) is 0 Å². The summed E-state index contributed by atoms with van der Waals surface area (Å²) in [6.45, 7) is 9.20. The lowest BCUT2D eigenvalue weighted by Crippen LogP contribution is -2.17. The van der Waals surface area contributed by atoms with Crippen molar-refractivity contribution in [1.82, 2.24) is 0 Å². The van der Waals surface area contributed by atoms with Crippen LogP contribution in [0.25, 0.3) is 0 Å². The van der Waals surface area contributed by atoms with Gasteiger partial charge in [0.1, 0.15) is 6.29 Å².